The largest absolute Gasteiger partial charge is 0.480 e. The fraction of sp³-hybridized carbons (Fsp3) is 0.545. The summed E-state index contributed by atoms with van der Waals surface area (Å²) in [5, 5.41) is 12.3. The maximum Gasteiger partial charge on any atom is 0.326 e. The second-order valence-electron chi connectivity index (χ2n) is 8.26. The molecule has 3 amide bonds. The van der Waals surface area contributed by atoms with Crippen molar-refractivity contribution in [2.75, 3.05) is 13.1 Å². The Hall–Kier alpha value is -2.94. The standard InChI is InChI=1S/C22H30N4O5/c1-14(23)20(28)25-11-5-9-17(25)19(27)24-16(13-15-7-3-2-4-8-15)21(29)26-12-6-10-18(26)22(30)31/h2-4,7-8,14,16-18H,5-6,9-13,23H2,1H3,(H,24,27)(H,30,31). The van der Waals surface area contributed by atoms with Crippen molar-refractivity contribution in [1.82, 2.24) is 15.1 Å². The van der Waals surface area contributed by atoms with E-state index in [4.69, 9.17) is 5.73 Å². The number of amides is 3. The van der Waals surface area contributed by atoms with Crippen LogP contribution in [0.2, 0.25) is 0 Å². The molecule has 9 nitrogen and oxygen atoms in total. The molecule has 4 unspecified atom stereocenters. The van der Waals surface area contributed by atoms with Gasteiger partial charge in [-0.2, -0.15) is 0 Å². The lowest BCUT2D eigenvalue weighted by Gasteiger charge is -2.30. The molecule has 2 aliphatic rings. The molecule has 0 radical (unpaired) electrons. The first-order valence-electron chi connectivity index (χ1n) is 10.7. The Morgan fingerprint density at radius 2 is 1.61 bits per heavy atom. The first-order chi connectivity index (χ1) is 14.8. The second kappa shape index (κ2) is 9.91. The van der Waals surface area contributed by atoms with Crippen molar-refractivity contribution in [3.8, 4) is 0 Å². The molecule has 0 aromatic heterocycles. The molecule has 9 heteroatoms. The molecule has 31 heavy (non-hydrogen) atoms. The Morgan fingerprint density at radius 3 is 2.19 bits per heavy atom. The highest BCUT2D eigenvalue weighted by Gasteiger charge is 2.40. The number of benzene rings is 1. The molecular formula is C22H30N4O5. The topological polar surface area (TPSA) is 133 Å². The molecule has 4 N–H and O–H groups in total. The molecule has 0 bridgehead atoms. The van der Waals surface area contributed by atoms with Crippen LogP contribution in [-0.4, -0.2) is 75.9 Å². The molecular weight excluding hydrogens is 400 g/mol. The monoisotopic (exact) mass is 430 g/mol. The summed E-state index contributed by atoms with van der Waals surface area (Å²) in [4.78, 5) is 53.1. The fourth-order valence-corrected chi connectivity index (χ4v) is 4.37. The SMILES string of the molecule is CC(N)C(=O)N1CCCC1C(=O)NC(Cc1ccccc1)C(=O)N1CCCC1C(=O)O. The van der Waals surface area contributed by atoms with Crippen LogP contribution in [-0.2, 0) is 25.6 Å². The predicted octanol–water partition coefficient (Wildman–Crippen LogP) is 0.128. The number of likely N-dealkylation sites (tertiary alicyclic amines) is 2. The number of hydrogen-bond acceptors (Lipinski definition) is 5. The van der Waals surface area contributed by atoms with Gasteiger partial charge in [-0.15, -0.1) is 0 Å². The van der Waals surface area contributed by atoms with Gasteiger partial charge in [-0.1, -0.05) is 30.3 Å². The fourth-order valence-electron chi connectivity index (χ4n) is 4.37. The van der Waals surface area contributed by atoms with Crippen LogP contribution in [0.3, 0.4) is 0 Å². The van der Waals surface area contributed by atoms with E-state index < -0.39 is 42.0 Å². The number of hydrogen-bond donors (Lipinski definition) is 3. The highest BCUT2D eigenvalue weighted by atomic mass is 16.4. The number of rotatable bonds is 7. The Bertz CT molecular complexity index is 828. The maximum atomic E-state index is 13.3. The molecule has 1 aromatic rings. The van der Waals surface area contributed by atoms with E-state index in [-0.39, 0.29) is 12.3 Å². The smallest absolute Gasteiger partial charge is 0.326 e. The van der Waals surface area contributed by atoms with Gasteiger partial charge in [-0.05, 0) is 38.2 Å². The van der Waals surface area contributed by atoms with E-state index >= 15 is 0 Å². The van der Waals surface area contributed by atoms with Gasteiger partial charge in [0.1, 0.15) is 18.1 Å². The number of carboxylic acid groups (broad SMARTS) is 1. The van der Waals surface area contributed by atoms with Gasteiger partial charge in [-0.3, -0.25) is 14.4 Å². The number of carbonyl (C=O) groups is 4. The number of carboxylic acids is 1. The zero-order chi connectivity index (χ0) is 22.5. The summed E-state index contributed by atoms with van der Waals surface area (Å²) in [6.07, 6.45) is 2.42. The zero-order valence-corrected chi connectivity index (χ0v) is 17.7. The van der Waals surface area contributed by atoms with E-state index in [1.54, 1.807) is 6.92 Å². The first-order valence-corrected chi connectivity index (χ1v) is 10.7. The van der Waals surface area contributed by atoms with E-state index in [1.165, 1.54) is 9.80 Å². The summed E-state index contributed by atoms with van der Waals surface area (Å²) in [6.45, 7) is 2.37. The lowest BCUT2D eigenvalue weighted by atomic mass is 10.0. The van der Waals surface area contributed by atoms with Crippen molar-refractivity contribution < 1.29 is 24.3 Å². The van der Waals surface area contributed by atoms with Crippen LogP contribution in [0.25, 0.3) is 0 Å². The van der Waals surface area contributed by atoms with Crippen molar-refractivity contribution in [2.24, 2.45) is 5.73 Å². The number of nitrogens with one attached hydrogen (secondary N) is 1. The summed E-state index contributed by atoms with van der Waals surface area (Å²) >= 11 is 0. The second-order valence-corrected chi connectivity index (χ2v) is 8.26. The molecule has 2 aliphatic heterocycles. The third kappa shape index (κ3) is 5.22. The number of aliphatic carboxylic acids is 1. The van der Waals surface area contributed by atoms with Crippen molar-refractivity contribution in [1.29, 1.82) is 0 Å². The predicted molar refractivity (Wildman–Crippen MR) is 113 cm³/mol. The van der Waals surface area contributed by atoms with Crippen molar-refractivity contribution in [3.63, 3.8) is 0 Å². The van der Waals surface area contributed by atoms with Crippen LogP contribution >= 0.6 is 0 Å². The van der Waals surface area contributed by atoms with Gasteiger partial charge >= 0.3 is 5.97 Å². The van der Waals surface area contributed by atoms with Gasteiger partial charge in [0.05, 0.1) is 6.04 Å². The average molecular weight is 431 g/mol. The molecule has 2 saturated heterocycles. The Labute approximate surface area is 181 Å². The number of nitrogens with zero attached hydrogens (tertiary/aromatic N) is 2. The average Bonchev–Trinajstić information content (AvgIpc) is 3.42. The van der Waals surface area contributed by atoms with Crippen LogP contribution in [0.15, 0.2) is 30.3 Å². The Balaban J connectivity index is 1.79. The summed E-state index contributed by atoms with van der Waals surface area (Å²) in [6, 6.07) is 6.06. The van der Waals surface area contributed by atoms with E-state index in [1.807, 2.05) is 30.3 Å². The van der Waals surface area contributed by atoms with Crippen LogP contribution in [0, 0.1) is 0 Å². The number of nitrogens with two attached hydrogens (primary N) is 1. The van der Waals surface area contributed by atoms with Crippen molar-refractivity contribution in [3.05, 3.63) is 35.9 Å². The molecule has 2 fully saturated rings. The zero-order valence-electron chi connectivity index (χ0n) is 17.7. The Morgan fingerprint density at radius 1 is 1.03 bits per heavy atom. The molecule has 0 aliphatic carbocycles. The summed E-state index contributed by atoms with van der Waals surface area (Å²) in [7, 11) is 0. The molecule has 2 heterocycles. The van der Waals surface area contributed by atoms with E-state index in [0.717, 1.165) is 5.56 Å². The van der Waals surface area contributed by atoms with Crippen molar-refractivity contribution in [2.45, 2.75) is 63.2 Å². The normalized spacial score (nSPS) is 22.8. The molecule has 1 aromatic carbocycles. The molecule has 0 saturated carbocycles. The first kappa shape index (κ1) is 22.7. The highest BCUT2D eigenvalue weighted by molar-refractivity contribution is 5.94. The minimum absolute atomic E-state index is 0.238. The summed E-state index contributed by atoms with van der Waals surface area (Å²) in [5.74, 6) is -2.16. The molecule has 168 valence electrons. The van der Waals surface area contributed by atoms with E-state index in [0.29, 0.717) is 38.8 Å². The summed E-state index contributed by atoms with van der Waals surface area (Å²) in [5.41, 5.74) is 6.57. The van der Waals surface area contributed by atoms with Gasteiger partial charge in [0.2, 0.25) is 17.7 Å². The lowest BCUT2D eigenvalue weighted by Crippen LogP contribution is -2.57. The van der Waals surface area contributed by atoms with Crippen LogP contribution in [0.5, 0.6) is 0 Å². The minimum Gasteiger partial charge on any atom is -0.480 e. The van der Waals surface area contributed by atoms with Crippen molar-refractivity contribution >= 4 is 23.7 Å². The van der Waals surface area contributed by atoms with E-state index in [2.05, 4.69) is 5.32 Å². The lowest BCUT2D eigenvalue weighted by molar-refractivity contribution is -0.149. The van der Waals surface area contributed by atoms with Gasteiger partial charge in [0.15, 0.2) is 0 Å². The molecule has 4 atom stereocenters. The Kier molecular flexibility index (Phi) is 7.27. The third-order valence-corrected chi connectivity index (χ3v) is 5.95. The maximum absolute atomic E-state index is 13.3. The minimum atomic E-state index is -1.04. The van der Waals surface area contributed by atoms with Gasteiger partial charge in [0.25, 0.3) is 0 Å². The third-order valence-electron chi connectivity index (χ3n) is 5.95. The van der Waals surface area contributed by atoms with Gasteiger partial charge in [-0.25, -0.2) is 4.79 Å². The van der Waals surface area contributed by atoms with Crippen LogP contribution in [0.4, 0.5) is 0 Å². The highest BCUT2D eigenvalue weighted by Crippen LogP contribution is 2.21. The van der Waals surface area contributed by atoms with E-state index in [9.17, 15) is 24.3 Å². The van der Waals surface area contributed by atoms with Crippen LogP contribution in [0.1, 0.15) is 38.2 Å². The summed E-state index contributed by atoms with van der Waals surface area (Å²) < 4.78 is 0. The quantitative estimate of drug-likeness (QED) is 0.563. The van der Waals surface area contributed by atoms with Gasteiger partial charge < -0.3 is 26.0 Å². The van der Waals surface area contributed by atoms with Gasteiger partial charge in [0, 0.05) is 19.5 Å². The van der Waals surface area contributed by atoms with Crippen LogP contribution < -0.4 is 11.1 Å². The molecule has 3 rings (SSSR count). The molecule has 0 spiro atoms. The number of carbonyl (C=O) groups excluding carboxylic acids is 3.